The summed E-state index contributed by atoms with van der Waals surface area (Å²) in [4.78, 5) is 26.8. The molecule has 3 aliphatic heterocycles. The Bertz CT molecular complexity index is 2350. The number of hydrogen-bond donors (Lipinski definition) is 12. The summed E-state index contributed by atoms with van der Waals surface area (Å²) in [6, 6.07) is 13.8. The van der Waals surface area contributed by atoms with E-state index < -0.39 is 162 Å². The molecule has 0 bridgehead atoms. The molecule has 1 aromatic heterocycles. The van der Waals surface area contributed by atoms with E-state index in [2.05, 4.69) is 0 Å². The molecule has 15 atom stereocenters. The average molecular weight is 903 g/mol. The number of carbonyl (C=O) groups excluding carboxylic acids is 1. The van der Waals surface area contributed by atoms with Gasteiger partial charge in [0.05, 0.1) is 12.7 Å². The van der Waals surface area contributed by atoms with E-state index in [0.29, 0.717) is 5.56 Å². The molecule has 346 valence electrons. The molecular weight excluding hydrogens is 856 g/mol. The van der Waals surface area contributed by atoms with Crippen LogP contribution in [0.4, 0.5) is 0 Å². The summed E-state index contributed by atoms with van der Waals surface area (Å²) in [5, 5.41) is 127. The van der Waals surface area contributed by atoms with Gasteiger partial charge >= 0.3 is 5.97 Å². The van der Waals surface area contributed by atoms with Crippen LogP contribution in [0, 0.1) is 0 Å². The zero-order chi connectivity index (χ0) is 46.1. The molecule has 0 spiro atoms. The van der Waals surface area contributed by atoms with Crippen LogP contribution >= 0.6 is 0 Å². The number of esters is 1. The van der Waals surface area contributed by atoms with Gasteiger partial charge in [-0.2, -0.15) is 0 Å². The first-order valence-corrected chi connectivity index (χ1v) is 19.7. The van der Waals surface area contributed by atoms with Crippen molar-refractivity contribution in [1.29, 1.82) is 0 Å². The highest BCUT2D eigenvalue weighted by Gasteiger charge is 2.51. The SMILES string of the molecule is C[C@@H]1O[C@@H](Oc2c(-c3ccc(O)c(O[C@@H]4O[C@H](CO)[C@@H](O)[C@H](O)[C@H]4O)c3)oc3cc(O)cc(O)c3c2=O)[C@H](O[C@@H]2O[C@H](COC(=O)/C=C/c3ccccc3)[C@@H](O)[C@H](O)[C@H]2O)[C@H](O)[C@H]1O. The minimum atomic E-state index is -2.05. The zero-order valence-electron chi connectivity index (χ0n) is 33.5. The maximum absolute atomic E-state index is 14.3. The summed E-state index contributed by atoms with van der Waals surface area (Å²) < 4.78 is 45.7. The summed E-state index contributed by atoms with van der Waals surface area (Å²) in [6.45, 7) is -0.138. The Hall–Kier alpha value is -5.44. The van der Waals surface area contributed by atoms with Gasteiger partial charge in [0.15, 0.2) is 29.7 Å². The quantitative estimate of drug-likeness (QED) is 0.0543. The Kier molecular flexibility index (Phi) is 14.1. The van der Waals surface area contributed by atoms with E-state index in [0.717, 1.165) is 30.3 Å². The largest absolute Gasteiger partial charge is 0.508 e. The highest BCUT2D eigenvalue weighted by atomic mass is 16.8. The fourth-order valence-corrected chi connectivity index (χ4v) is 7.23. The summed E-state index contributed by atoms with van der Waals surface area (Å²) in [5.74, 6) is -4.54. The normalized spacial score (nSPS) is 33.2. The molecule has 4 heterocycles. The number of ether oxygens (including phenoxy) is 7. The van der Waals surface area contributed by atoms with Gasteiger partial charge in [-0.15, -0.1) is 0 Å². The molecule has 7 rings (SSSR count). The summed E-state index contributed by atoms with van der Waals surface area (Å²) in [5.41, 5.74) is -0.996. The van der Waals surface area contributed by atoms with Crippen LogP contribution in [0.3, 0.4) is 0 Å². The number of phenols is 3. The van der Waals surface area contributed by atoms with E-state index in [4.69, 9.17) is 37.6 Å². The van der Waals surface area contributed by atoms with E-state index in [9.17, 15) is 70.9 Å². The van der Waals surface area contributed by atoms with Crippen LogP contribution in [-0.2, 0) is 28.5 Å². The smallest absolute Gasteiger partial charge is 0.330 e. The fraction of sp³-hybridized carbons (Fsp3) is 0.429. The van der Waals surface area contributed by atoms with Crippen molar-refractivity contribution in [3.8, 4) is 40.1 Å². The molecule has 3 aliphatic rings. The minimum Gasteiger partial charge on any atom is -0.508 e. The number of hydrogen-bond acceptors (Lipinski definition) is 22. The molecule has 0 radical (unpaired) electrons. The predicted octanol–water partition coefficient (Wildman–Crippen LogP) is -1.95. The Morgan fingerprint density at radius 3 is 2.08 bits per heavy atom. The standard InChI is InChI=1S/C42H46O22/c1-16-28(48)34(54)39(64-41-36(56)33(53)30(50)25(62-41)15-57-26(47)10-7-17-5-3-2-4-6-17)42(58-16)63-38-31(51)27-21(46)12-19(44)13-23(27)59-37(38)18-8-9-20(45)22(11-18)60-40-35(55)32(52)29(49)24(14-43)61-40/h2-13,16,24-25,28-30,32-36,39-46,48-50,52-56H,14-15H2,1H3/b10-7+/t16-,24+,25+,28-,29+,30+,32-,33-,34+,35+,36+,39+,40+,41-,42-/m0/s1. The van der Waals surface area contributed by atoms with Crippen molar-refractivity contribution in [2.24, 2.45) is 0 Å². The number of fused-ring (bicyclic) bond motifs is 1. The summed E-state index contributed by atoms with van der Waals surface area (Å²) in [7, 11) is 0. The first-order chi connectivity index (χ1) is 30.5. The van der Waals surface area contributed by atoms with Gasteiger partial charge in [-0.05, 0) is 36.8 Å². The highest BCUT2D eigenvalue weighted by molar-refractivity contribution is 5.88. The summed E-state index contributed by atoms with van der Waals surface area (Å²) >= 11 is 0. The minimum absolute atomic E-state index is 0.157. The van der Waals surface area contributed by atoms with Crippen LogP contribution in [-0.4, -0.2) is 173 Å². The number of benzene rings is 3. The van der Waals surface area contributed by atoms with Crippen molar-refractivity contribution in [2.75, 3.05) is 13.2 Å². The Morgan fingerprint density at radius 1 is 0.703 bits per heavy atom. The molecule has 3 fully saturated rings. The third-order valence-corrected chi connectivity index (χ3v) is 10.8. The van der Waals surface area contributed by atoms with Crippen LogP contribution in [0.2, 0.25) is 0 Å². The van der Waals surface area contributed by atoms with Gasteiger partial charge in [0.25, 0.3) is 0 Å². The van der Waals surface area contributed by atoms with Gasteiger partial charge in [0, 0.05) is 23.8 Å². The monoisotopic (exact) mass is 902 g/mol. The van der Waals surface area contributed by atoms with Gasteiger partial charge in [-0.25, -0.2) is 4.79 Å². The maximum Gasteiger partial charge on any atom is 0.330 e. The number of aliphatic hydroxyl groups excluding tert-OH is 9. The van der Waals surface area contributed by atoms with Crippen LogP contribution in [0.15, 0.2) is 76.0 Å². The molecule has 0 aliphatic carbocycles. The molecule has 0 unspecified atom stereocenters. The second-order valence-electron chi connectivity index (χ2n) is 15.2. The average Bonchev–Trinajstić information content (AvgIpc) is 3.27. The van der Waals surface area contributed by atoms with E-state index >= 15 is 0 Å². The molecule has 64 heavy (non-hydrogen) atoms. The van der Waals surface area contributed by atoms with Gasteiger partial charge in [-0.3, -0.25) is 4.79 Å². The maximum atomic E-state index is 14.3. The third kappa shape index (κ3) is 9.50. The lowest BCUT2D eigenvalue weighted by molar-refractivity contribution is -0.355. The molecule has 3 saturated heterocycles. The van der Waals surface area contributed by atoms with Gasteiger partial charge in [0.1, 0.15) is 90.1 Å². The number of rotatable bonds is 12. The second kappa shape index (κ2) is 19.3. The van der Waals surface area contributed by atoms with E-state index in [-0.39, 0.29) is 5.56 Å². The highest BCUT2D eigenvalue weighted by Crippen LogP contribution is 2.41. The Morgan fingerprint density at radius 2 is 1.38 bits per heavy atom. The molecular formula is C42H46O22. The van der Waals surface area contributed by atoms with Crippen molar-refractivity contribution >= 4 is 23.0 Å². The number of carbonyl (C=O) groups is 1. The first-order valence-electron chi connectivity index (χ1n) is 19.7. The van der Waals surface area contributed by atoms with Crippen LogP contribution in [0.5, 0.6) is 28.7 Å². The third-order valence-electron chi connectivity index (χ3n) is 10.8. The van der Waals surface area contributed by atoms with Crippen molar-refractivity contribution in [3.05, 3.63) is 82.5 Å². The van der Waals surface area contributed by atoms with Crippen molar-refractivity contribution in [1.82, 2.24) is 0 Å². The van der Waals surface area contributed by atoms with Crippen LogP contribution in [0.1, 0.15) is 12.5 Å². The van der Waals surface area contributed by atoms with E-state index in [1.165, 1.54) is 19.1 Å². The summed E-state index contributed by atoms with van der Waals surface area (Å²) in [6.07, 6.45) is -24.3. The predicted molar refractivity (Wildman–Crippen MR) is 212 cm³/mol. The number of aromatic hydroxyl groups is 3. The van der Waals surface area contributed by atoms with E-state index in [1.54, 1.807) is 30.3 Å². The molecule has 22 heteroatoms. The molecule has 0 amide bonds. The zero-order valence-corrected chi connectivity index (χ0v) is 33.5. The van der Waals surface area contributed by atoms with Crippen molar-refractivity contribution < 1.29 is 104 Å². The molecule has 3 aromatic carbocycles. The molecule has 0 saturated carbocycles. The lowest BCUT2D eigenvalue weighted by atomic mass is 9.97. The first kappa shape index (κ1) is 46.5. The fourth-order valence-electron chi connectivity index (χ4n) is 7.23. The molecule has 4 aromatic rings. The Balaban J connectivity index is 1.20. The van der Waals surface area contributed by atoms with Crippen LogP contribution < -0.4 is 14.9 Å². The molecule has 22 nitrogen and oxygen atoms in total. The second-order valence-corrected chi connectivity index (χ2v) is 15.2. The lowest BCUT2D eigenvalue weighted by Gasteiger charge is -2.45. The van der Waals surface area contributed by atoms with Gasteiger partial charge < -0.3 is 98.9 Å². The number of aliphatic hydroxyl groups is 9. The van der Waals surface area contributed by atoms with Crippen molar-refractivity contribution in [3.63, 3.8) is 0 Å². The molecule has 12 N–H and O–H groups in total. The topological polar surface area (TPSA) is 355 Å². The number of phenolic OH excluding ortho intramolecular Hbond substituents is 3. The van der Waals surface area contributed by atoms with Crippen LogP contribution in [0.25, 0.3) is 28.4 Å². The van der Waals surface area contributed by atoms with Gasteiger partial charge in [-0.1, -0.05) is 30.3 Å². The van der Waals surface area contributed by atoms with Gasteiger partial charge in [0.2, 0.25) is 23.8 Å². The van der Waals surface area contributed by atoms with Crippen molar-refractivity contribution in [2.45, 2.75) is 99.0 Å². The lowest BCUT2D eigenvalue weighted by Crippen LogP contribution is -2.64. The van der Waals surface area contributed by atoms with E-state index in [1.807, 2.05) is 0 Å². The Labute approximate surface area is 361 Å².